The summed E-state index contributed by atoms with van der Waals surface area (Å²) in [5.41, 5.74) is 4.34. The van der Waals surface area contributed by atoms with Crippen molar-refractivity contribution in [2.45, 2.75) is 33.4 Å². The minimum Gasteiger partial charge on any atom is -0.368 e. The van der Waals surface area contributed by atoms with Gasteiger partial charge in [0.1, 0.15) is 6.10 Å². The summed E-state index contributed by atoms with van der Waals surface area (Å²) in [6.07, 6.45) is 1.84. The summed E-state index contributed by atoms with van der Waals surface area (Å²) in [5, 5.41) is 7.06. The number of ether oxygens (including phenoxy) is 1. The van der Waals surface area contributed by atoms with Gasteiger partial charge in [-0.25, -0.2) is 9.97 Å². The Labute approximate surface area is 124 Å². The first-order valence-electron chi connectivity index (χ1n) is 7.27. The summed E-state index contributed by atoms with van der Waals surface area (Å²) in [4.78, 5) is 11.4. The van der Waals surface area contributed by atoms with Crippen LogP contribution in [0.25, 0.3) is 0 Å². The highest BCUT2D eigenvalue weighted by atomic mass is 16.5. The highest BCUT2D eigenvalue weighted by molar-refractivity contribution is 5.14. The molecule has 0 bridgehead atoms. The van der Waals surface area contributed by atoms with Crippen LogP contribution in [0.15, 0.2) is 12.3 Å². The molecule has 3 heterocycles. The van der Waals surface area contributed by atoms with Gasteiger partial charge in [0.15, 0.2) is 5.82 Å². The fourth-order valence-electron chi connectivity index (χ4n) is 2.68. The molecule has 0 spiro atoms. The lowest BCUT2D eigenvalue weighted by Crippen LogP contribution is -2.38. The lowest BCUT2D eigenvalue weighted by molar-refractivity contribution is -0.0374. The van der Waals surface area contributed by atoms with Gasteiger partial charge >= 0.3 is 0 Å². The van der Waals surface area contributed by atoms with Crippen molar-refractivity contribution in [3.05, 3.63) is 40.7 Å². The van der Waals surface area contributed by atoms with Crippen LogP contribution in [0.4, 0.5) is 0 Å². The number of morpholine rings is 1. The molecule has 1 saturated heterocycles. The second kappa shape index (κ2) is 5.91. The van der Waals surface area contributed by atoms with Gasteiger partial charge in [0.25, 0.3) is 0 Å². The van der Waals surface area contributed by atoms with Gasteiger partial charge in [0.2, 0.25) is 0 Å². The smallest absolute Gasteiger partial charge is 0.158 e. The first kappa shape index (κ1) is 14.2. The number of aromatic amines is 1. The fraction of sp³-hybridized carbons (Fsp3) is 0.533. The lowest BCUT2D eigenvalue weighted by atomic mass is 10.2. The van der Waals surface area contributed by atoms with Crippen LogP contribution in [0.5, 0.6) is 0 Å². The first-order chi connectivity index (χ1) is 10.1. The van der Waals surface area contributed by atoms with Crippen molar-refractivity contribution >= 4 is 0 Å². The van der Waals surface area contributed by atoms with Crippen molar-refractivity contribution in [2.24, 2.45) is 0 Å². The van der Waals surface area contributed by atoms with Gasteiger partial charge in [-0.05, 0) is 26.8 Å². The van der Waals surface area contributed by atoms with E-state index in [9.17, 15) is 0 Å². The molecule has 0 unspecified atom stereocenters. The maximum atomic E-state index is 5.86. The van der Waals surface area contributed by atoms with Crippen LogP contribution in [0.2, 0.25) is 0 Å². The monoisotopic (exact) mass is 287 g/mol. The lowest BCUT2D eigenvalue weighted by Gasteiger charge is -2.32. The second-order valence-electron chi connectivity index (χ2n) is 5.62. The number of nitrogens with one attached hydrogen (secondary N) is 1. The van der Waals surface area contributed by atoms with Gasteiger partial charge in [0.05, 0.1) is 12.8 Å². The highest BCUT2D eigenvalue weighted by Crippen LogP contribution is 2.21. The zero-order chi connectivity index (χ0) is 14.8. The first-order valence-corrected chi connectivity index (χ1v) is 7.27. The van der Waals surface area contributed by atoms with Crippen molar-refractivity contribution in [3.8, 4) is 0 Å². The van der Waals surface area contributed by atoms with Gasteiger partial charge in [-0.3, -0.25) is 10.00 Å². The Morgan fingerprint density at radius 2 is 2.05 bits per heavy atom. The number of hydrogen-bond acceptors (Lipinski definition) is 5. The SMILES string of the molecule is Cc1cc(C)nc([C@@H]2CN(Cc3cn[nH]c3C)CCO2)n1. The van der Waals surface area contributed by atoms with Crippen molar-refractivity contribution in [1.29, 1.82) is 0 Å². The van der Waals surface area contributed by atoms with E-state index in [4.69, 9.17) is 4.74 Å². The average Bonchev–Trinajstić information content (AvgIpc) is 2.84. The van der Waals surface area contributed by atoms with Gasteiger partial charge in [-0.1, -0.05) is 0 Å². The van der Waals surface area contributed by atoms with E-state index in [-0.39, 0.29) is 6.10 Å². The fourth-order valence-corrected chi connectivity index (χ4v) is 2.68. The third-order valence-electron chi connectivity index (χ3n) is 3.77. The molecule has 1 aliphatic heterocycles. The van der Waals surface area contributed by atoms with Gasteiger partial charge in [-0.2, -0.15) is 5.10 Å². The predicted molar refractivity (Wildman–Crippen MR) is 78.8 cm³/mol. The molecule has 2 aromatic rings. The number of rotatable bonds is 3. The van der Waals surface area contributed by atoms with Crippen molar-refractivity contribution < 1.29 is 4.74 Å². The molecule has 1 aliphatic rings. The Kier molecular flexibility index (Phi) is 3.98. The average molecular weight is 287 g/mol. The molecule has 1 atom stereocenters. The Bertz CT molecular complexity index is 604. The van der Waals surface area contributed by atoms with E-state index in [1.807, 2.05) is 33.0 Å². The van der Waals surface area contributed by atoms with Crippen molar-refractivity contribution in [2.75, 3.05) is 19.7 Å². The van der Waals surface area contributed by atoms with Crippen LogP contribution in [-0.4, -0.2) is 44.8 Å². The van der Waals surface area contributed by atoms with E-state index in [0.29, 0.717) is 6.61 Å². The van der Waals surface area contributed by atoms with Gasteiger partial charge in [0, 0.05) is 42.3 Å². The molecule has 1 N–H and O–H groups in total. The summed E-state index contributed by atoms with van der Waals surface area (Å²) < 4.78 is 5.86. The van der Waals surface area contributed by atoms with Crippen LogP contribution in [0.3, 0.4) is 0 Å². The third-order valence-corrected chi connectivity index (χ3v) is 3.77. The molecule has 0 amide bonds. The highest BCUT2D eigenvalue weighted by Gasteiger charge is 2.25. The maximum absolute atomic E-state index is 5.86. The number of hydrogen-bond donors (Lipinski definition) is 1. The maximum Gasteiger partial charge on any atom is 0.158 e. The van der Waals surface area contributed by atoms with Crippen LogP contribution in [0, 0.1) is 20.8 Å². The molecule has 0 radical (unpaired) electrons. The molecular formula is C15H21N5O. The zero-order valence-electron chi connectivity index (χ0n) is 12.8. The topological polar surface area (TPSA) is 66.9 Å². The Balaban J connectivity index is 1.72. The molecular weight excluding hydrogens is 266 g/mol. The summed E-state index contributed by atoms with van der Waals surface area (Å²) in [5.74, 6) is 0.793. The van der Waals surface area contributed by atoms with E-state index < -0.39 is 0 Å². The molecule has 21 heavy (non-hydrogen) atoms. The predicted octanol–water partition coefficient (Wildman–Crippen LogP) is 1.70. The van der Waals surface area contributed by atoms with E-state index >= 15 is 0 Å². The van der Waals surface area contributed by atoms with E-state index in [1.165, 1.54) is 5.56 Å². The molecule has 1 fully saturated rings. The van der Waals surface area contributed by atoms with Gasteiger partial charge < -0.3 is 4.74 Å². The summed E-state index contributed by atoms with van der Waals surface area (Å²) in [6.45, 7) is 9.36. The van der Waals surface area contributed by atoms with E-state index in [2.05, 4.69) is 25.1 Å². The normalized spacial score (nSPS) is 19.9. The van der Waals surface area contributed by atoms with E-state index in [0.717, 1.165) is 42.5 Å². The minimum absolute atomic E-state index is 0.0513. The molecule has 6 nitrogen and oxygen atoms in total. The number of nitrogens with zero attached hydrogens (tertiary/aromatic N) is 4. The van der Waals surface area contributed by atoms with E-state index in [1.54, 1.807) is 0 Å². The molecule has 112 valence electrons. The number of aromatic nitrogens is 4. The third kappa shape index (κ3) is 3.28. The van der Waals surface area contributed by atoms with Gasteiger partial charge in [-0.15, -0.1) is 0 Å². The van der Waals surface area contributed by atoms with Crippen molar-refractivity contribution in [3.63, 3.8) is 0 Å². The molecule has 0 aliphatic carbocycles. The molecule has 3 rings (SSSR count). The Morgan fingerprint density at radius 3 is 2.71 bits per heavy atom. The molecule has 2 aromatic heterocycles. The van der Waals surface area contributed by atoms with Crippen LogP contribution < -0.4 is 0 Å². The second-order valence-corrected chi connectivity index (χ2v) is 5.62. The molecule has 6 heteroatoms. The summed E-state index contributed by atoms with van der Waals surface area (Å²) in [7, 11) is 0. The standard InChI is InChI=1S/C15H21N5O/c1-10-6-11(2)18-15(17-10)14-9-20(4-5-21-14)8-13-7-16-19-12(13)3/h6-7,14H,4-5,8-9H2,1-3H3,(H,16,19)/t14-/m0/s1. The Morgan fingerprint density at radius 1 is 1.29 bits per heavy atom. The van der Waals surface area contributed by atoms with Crippen LogP contribution in [0.1, 0.15) is 34.6 Å². The quantitative estimate of drug-likeness (QED) is 0.930. The summed E-state index contributed by atoms with van der Waals surface area (Å²) >= 11 is 0. The molecule has 0 saturated carbocycles. The van der Waals surface area contributed by atoms with Crippen LogP contribution in [-0.2, 0) is 11.3 Å². The summed E-state index contributed by atoms with van der Waals surface area (Å²) in [6, 6.07) is 1.99. The molecule has 0 aromatic carbocycles. The van der Waals surface area contributed by atoms with Crippen LogP contribution >= 0.6 is 0 Å². The largest absolute Gasteiger partial charge is 0.368 e. The zero-order valence-corrected chi connectivity index (χ0v) is 12.8. The number of H-pyrrole nitrogens is 1. The minimum atomic E-state index is -0.0513. The Hall–Kier alpha value is -1.79. The number of aryl methyl sites for hydroxylation is 3. The van der Waals surface area contributed by atoms with Crippen molar-refractivity contribution in [1.82, 2.24) is 25.1 Å².